The van der Waals surface area contributed by atoms with Gasteiger partial charge in [0.05, 0.1) is 10.6 Å². The van der Waals surface area contributed by atoms with E-state index in [0.717, 1.165) is 23.4 Å². The maximum absolute atomic E-state index is 7.44. The Bertz CT molecular complexity index is 359. The van der Waals surface area contributed by atoms with Crippen molar-refractivity contribution < 1.29 is 5.48 Å². The van der Waals surface area contributed by atoms with Crippen molar-refractivity contribution in [2.45, 2.75) is 25.7 Å². The monoisotopic (exact) mass is 213 g/mol. The van der Waals surface area contributed by atoms with E-state index in [0.29, 0.717) is 0 Å². The van der Waals surface area contributed by atoms with Crippen LogP contribution in [-0.2, 0) is 12.8 Å². The van der Waals surface area contributed by atoms with Crippen molar-refractivity contribution in [3.63, 3.8) is 0 Å². The molecule has 1 heterocycles. The normalized spacial score (nSPS) is 14.3. The fourth-order valence-electron chi connectivity index (χ4n) is 1.88. The van der Waals surface area contributed by atoms with Gasteiger partial charge in [0.1, 0.15) is 5.84 Å². The van der Waals surface area contributed by atoms with Crippen LogP contribution in [0.4, 0.5) is 5.00 Å². The number of hydrogen-bond acceptors (Lipinski definition) is 3. The Morgan fingerprint density at radius 3 is 2.57 bits per heavy atom. The summed E-state index contributed by atoms with van der Waals surface area (Å²) < 4.78 is 0. The summed E-state index contributed by atoms with van der Waals surface area (Å²) >= 11 is 1.60. The smallest absolute Gasteiger partial charge is 0.126 e. The molecule has 0 unspecified atom stereocenters. The van der Waals surface area contributed by atoms with Crippen LogP contribution in [0.2, 0.25) is 0 Å². The van der Waals surface area contributed by atoms with Crippen molar-refractivity contribution in [2.75, 3.05) is 5.73 Å². The molecule has 78 valence electrons. The minimum Gasteiger partial charge on any atom is -0.412 e. The molecule has 1 aliphatic carbocycles. The molecule has 1 aromatic rings. The molecule has 5 heteroatoms. The summed E-state index contributed by atoms with van der Waals surface area (Å²) in [6.07, 6.45) is 4.59. The first-order valence-electron chi connectivity index (χ1n) is 4.44. The van der Waals surface area contributed by atoms with Crippen LogP contribution in [-0.4, -0.2) is 11.3 Å². The van der Waals surface area contributed by atoms with Crippen LogP contribution in [0.15, 0.2) is 0 Å². The van der Waals surface area contributed by atoms with E-state index in [4.69, 9.17) is 16.9 Å². The fourth-order valence-corrected chi connectivity index (χ4v) is 3.06. The van der Waals surface area contributed by atoms with Gasteiger partial charge in [-0.05, 0) is 31.2 Å². The molecule has 1 aliphatic rings. The lowest BCUT2D eigenvalue weighted by atomic mass is 9.95. The maximum Gasteiger partial charge on any atom is 0.126 e. The molecule has 0 atom stereocenters. The van der Waals surface area contributed by atoms with Crippen LogP contribution < -0.4 is 11.5 Å². The number of fused-ring (bicyclic) bond motifs is 1. The molecule has 0 aromatic carbocycles. The Kier molecular flexibility index (Phi) is 3.13. The number of rotatable bonds is 1. The number of aryl methyl sites for hydroxylation is 1. The van der Waals surface area contributed by atoms with Gasteiger partial charge in [-0.25, -0.2) is 0 Å². The molecule has 0 spiro atoms. The molecular weight excluding hydrogens is 198 g/mol. The first kappa shape index (κ1) is 11.0. The Morgan fingerprint density at radius 2 is 1.93 bits per heavy atom. The largest absolute Gasteiger partial charge is 0.412 e. The second kappa shape index (κ2) is 3.98. The van der Waals surface area contributed by atoms with E-state index in [1.807, 2.05) is 0 Å². The Balaban J connectivity index is 0.000000980. The topological polar surface area (TPSA) is 107 Å². The van der Waals surface area contributed by atoms with Crippen LogP contribution >= 0.6 is 11.3 Å². The molecule has 0 fully saturated rings. The van der Waals surface area contributed by atoms with Crippen LogP contribution in [0, 0.1) is 5.41 Å². The molecule has 0 aliphatic heterocycles. The van der Waals surface area contributed by atoms with Crippen molar-refractivity contribution in [1.82, 2.24) is 0 Å². The summed E-state index contributed by atoms with van der Waals surface area (Å²) in [5, 5.41) is 8.16. The number of anilines is 1. The fraction of sp³-hybridized carbons (Fsp3) is 0.444. The zero-order chi connectivity index (χ0) is 9.42. The van der Waals surface area contributed by atoms with Crippen molar-refractivity contribution in [2.24, 2.45) is 5.73 Å². The van der Waals surface area contributed by atoms with E-state index in [1.54, 1.807) is 11.3 Å². The minimum absolute atomic E-state index is 0. The Morgan fingerprint density at radius 1 is 1.29 bits per heavy atom. The van der Waals surface area contributed by atoms with Gasteiger partial charge in [0.25, 0.3) is 0 Å². The SMILES string of the molecule is N=C(N)c1c(N)sc2c1CCCC2.O. The average molecular weight is 213 g/mol. The number of nitrogens with one attached hydrogen (secondary N) is 1. The maximum atomic E-state index is 7.44. The molecule has 4 nitrogen and oxygen atoms in total. The lowest BCUT2D eigenvalue weighted by Gasteiger charge is -2.11. The van der Waals surface area contributed by atoms with Gasteiger partial charge in [-0.3, -0.25) is 5.41 Å². The molecule has 0 saturated carbocycles. The number of hydrogen-bond donors (Lipinski definition) is 3. The van der Waals surface area contributed by atoms with E-state index < -0.39 is 0 Å². The highest BCUT2D eigenvalue weighted by Crippen LogP contribution is 2.35. The van der Waals surface area contributed by atoms with Gasteiger partial charge in [-0.2, -0.15) is 0 Å². The van der Waals surface area contributed by atoms with Crippen molar-refractivity contribution in [3.8, 4) is 0 Å². The van der Waals surface area contributed by atoms with Gasteiger partial charge in [-0.15, -0.1) is 11.3 Å². The lowest BCUT2D eigenvalue weighted by Crippen LogP contribution is -2.15. The van der Waals surface area contributed by atoms with Crippen molar-refractivity contribution in [3.05, 3.63) is 16.0 Å². The molecule has 0 amide bonds. The third kappa shape index (κ3) is 1.60. The van der Waals surface area contributed by atoms with Gasteiger partial charge < -0.3 is 16.9 Å². The van der Waals surface area contributed by atoms with Gasteiger partial charge in [0.2, 0.25) is 0 Å². The summed E-state index contributed by atoms with van der Waals surface area (Å²) in [5.74, 6) is 0.122. The van der Waals surface area contributed by atoms with E-state index >= 15 is 0 Å². The first-order valence-corrected chi connectivity index (χ1v) is 5.26. The zero-order valence-corrected chi connectivity index (χ0v) is 8.71. The minimum atomic E-state index is 0. The van der Waals surface area contributed by atoms with E-state index in [9.17, 15) is 0 Å². The summed E-state index contributed by atoms with van der Waals surface area (Å²) in [6.45, 7) is 0. The molecule has 7 N–H and O–H groups in total. The van der Waals surface area contributed by atoms with Crippen LogP contribution in [0.25, 0.3) is 0 Å². The quantitative estimate of drug-likeness (QED) is 0.471. The highest BCUT2D eigenvalue weighted by atomic mass is 32.1. The van der Waals surface area contributed by atoms with Crippen molar-refractivity contribution >= 4 is 22.2 Å². The second-order valence-corrected chi connectivity index (χ2v) is 4.50. The zero-order valence-electron chi connectivity index (χ0n) is 7.89. The Hall–Kier alpha value is -1.07. The van der Waals surface area contributed by atoms with Gasteiger partial charge in [-0.1, -0.05) is 0 Å². The van der Waals surface area contributed by atoms with Gasteiger partial charge >= 0.3 is 0 Å². The molecule has 14 heavy (non-hydrogen) atoms. The lowest BCUT2D eigenvalue weighted by molar-refractivity contribution is 0.696. The van der Waals surface area contributed by atoms with Crippen molar-refractivity contribution in [1.29, 1.82) is 5.41 Å². The summed E-state index contributed by atoms with van der Waals surface area (Å²) in [4.78, 5) is 1.34. The third-order valence-electron chi connectivity index (χ3n) is 2.47. The predicted octanol–water partition coefficient (Wildman–Crippen LogP) is 0.668. The third-order valence-corrected chi connectivity index (χ3v) is 3.59. The standard InChI is InChI=1S/C9H13N3S.H2O/c10-8(11)7-5-3-1-2-4-6(5)13-9(7)12;/h1-4,12H2,(H3,10,11);1H2. The molecular formula is C9H15N3OS. The summed E-state index contributed by atoms with van der Waals surface area (Å²) in [6, 6.07) is 0. The van der Waals surface area contributed by atoms with E-state index in [-0.39, 0.29) is 11.3 Å². The number of amidine groups is 1. The molecule has 0 radical (unpaired) electrons. The van der Waals surface area contributed by atoms with E-state index in [1.165, 1.54) is 23.3 Å². The second-order valence-electron chi connectivity index (χ2n) is 3.36. The molecule has 1 aromatic heterocycles. The number of nitrogens with two attached hydrogens (primary N) is 2. The average Bonchev–Trinajstić information content (AvgIpc) is 2.39. The molecule has 2 rings (SSSR count). The molecule has 0 bridgehead atoms. The van der Waals surface area contributed by atoms with E-state index in [2.05, 4.69) is 0 Å². The predicted molar refractivity (Wildman–Crippen MR) is 60.0 cm³/mol. The van der Waals surface area contributed by atoms with Gasteiger partial charge in [0, 0.05) is 4.88 Å². The van der Waals surface area contributed by atoms with Crippen LogP contribution in [0.3, 0.4) is 0 Å². The Labute approximate surface area is 86.7 Å². The van der Waals surface area contributed by atoms with Crippen LogP contribution in [0.1, 0.15) is 28.8 Å². The number of thiophene rings is 1. The highest BCUT2D eigenvalue weighted by molar-refractivity contribution is 7.16. The molecule has 0 saturated heterocycles. The van der Waals surface area contributed by atoms with Crippen LogP contribution in [0.5, 0.6) is 0 Å². The van der Waals surface area contributed by atoms with Gasteiger partial charge in [0.15, 0.2) is 0 Å². The summed E-state index contributed by atoms with van der Waals surface area (Å²) in [5.41, 5.74) is 13.4. The first-order chi connectivity index (χ1) is 6.20. The summed E-state index contributed by atoms with van der Waals surface area (Å²) in [7, 11) is 0. The number of nitrogen functional groups attached to an aromatic ring is 2. The highest BCUT2D eigenvalue weighted by Gasteiger charge is 2.20.